The van der Waals surface area contributed by atoms with Crippen LogP contribution in [0.2, 0.25) is 0 Å². The Morgan fingerprint density at radius 2 is 0.688 bits per heavy atom. The van der Waals surface area contributed by atoms with Gasteiger partial charge < -0.3 is 8.83 Å². The molecular formula is C119H95N3O2SSe3. The summed E-state index contributed by atoms with van der Waals surface area (Å²) in [6.07, 6.45) is 2.77. The number of oxazole rings is 1. The Morgan fingerprint density at radius 3 is 1.15 bits per heavy atom. The zero-order valence-electron chi connectivity index (χ0n) is 72.5. The minimum atomic E-state index is -0.00472. The molecule has 0 atom stereocenters. The van der Waals surface area contributed by atoms with Crippen molar-refractivity contribution in [2.24, 2.45) is 0 Å². The van der Waals surface area contributed by atoms with Gasteiger partial charge in [-0.3, -0.25) is 0 Å². The van der Waals surface area contributed by atoms with Crippen molar-refractivity contribution in [3.05, 3.63) is 465 Å². The van der Waals surface area contributed by atoms with Gasteiger partial charge in [0.05, 0.1) is 0 Å². The first-order valence-electron chi connectivity index (χ1n) is 43.5. The summed E-state index contributed by atoms with van der Waals surface area (Å²) in [5.41, 5.74) is 17.9. The van der Waals surface area contributed by atoms with E-state index in [-0.39, 0.29) is 5.41 Å². The first kappa shape index (κ1) is 85.5. The number of para-hydroxylation sites is 2. The third kappa shape index (κ3) is 19.3. The van der Waals surface area contributed by atoms with Crippen LogP contribution in [0.4, 0.5) is 0 Å². The van der Waals surface area contributed by atoms with E-state index in [0.717, 1.165) is 16.7 Å². The molecule has 5 nitrogen and oxygen atoms in total. The number of benzene rings is 19. The van der Waals surface area contributed by atoms with Crippen LogP contribution in [0.1, 0.15) is 81.2 Å². The van der Waals surface area contributed by atoms with E-state index in [1.54, 1.807) is 0 Å². The van der Waals surface area contributed by atoms with E-state index in [4.69, 9.17) is 8.83 Å². The van der Waals surface area contributed by atoms with E-state index in [0.29, 0.717) is 61.2 Å². The molecule has 0 spiro atoms. The fourth-order valence-electron chi connectivity index (χ4n) is 16.6. The normalized spacial score (nSPS) is 11.7. The Kier molecular flexibility index (Phi) is 26.5. The standard InChI is InChI=1S/C27H30S.2C18H12Se.C15H12.C14H10.C12H8Se.C8H6N2O.C7H5NO/c1-17(2)20-12-13-25-23(15-20)27(5,6)24-16-21(18(3)4)14-22(26(24)28-25)19-10-8-7-9-11-19;2*1-2-7-13(8-3-1)14-10-6-11-16-15-9-4-5-12-17(15)19-18(14)16;1-11-6-7-14-9-12-4-2-3-5-13(12)10-15(14)8-11;1-2-6-12-10-14-8-4-3-7-13(14)9-11(12)5-1;1-3-7-11-9(5-1)10-6-2-4-8-12(10)13-11;1-2-4-7(5-3-1)8-10-9-6-11-8;1-2-4-7-6(3-1)8-5-9-7/h7-18H,1-6H3;2*1-12H;2-10H,1H3;1-10H;1-8H;1-6H;1-5H. The van der Waals surface area contributed by atoms with Gasteiger partial charge in [-0.2, -0.15) is 0 Å². The quantitative estimate of drug-likeness (QED) is 0.122. The molecule has 6 heterocycles. The molecular weight excluding hydrogens is 1770 g/mol. The van der Waals surface area contributed by atoms with Crippen LogP contribution in [0.15, 0.2) is 456 Å². The van der Waals surface area contributed by atoms with Crippen molar-refractivity contribution in [2.45, 2.75) is 75.5 Å². The average Bonchev–Trinajstić information content (AvgIpc) is 1.08. The Bertz CT molecular complexity index is 7580. The fourth-order valence-corrected chi connectivity index (χ4v) is 25.6. The summed E-state index contributed by atoms with van der Waals surface area (Å²) in [5.74, 6) is 1.62. The maximum absolute atomic E-state index is 5.01. The maximum Gasteiger partial charge on any atom is 0.181 e. The predicted molar refractivity (Wildman–Crippen MR) is 550 cm³/mol. The zero-order valence-corrected chi connectivity index (χ0v) is 78.5. The summed E-state index contributed by atoms with van der Waals surface area (Å²) >= 11 is 3.34. The number of fused-ring (bicyclic) bond motifs is 16. The SMILES string of the molecule is CC(C)c1ccc2c(c1)C(C)(C)c1cc(C(C)C)cc(-c3ccccc3)c1S2.Cc1ccc2cc3ccccc3cc2c1.c1ccc(-c2cccc3c2[se]c2ccccc23)cc1.c1ccc(-c2cccc3c2[se]c2ccccc23)cc1.c1ccc(-c2nnco2)cc1.c1ccc2c(c1)[se]c1ccccc12.c1ccc2cc3ccccc3cc2c1.c1ccc2ocnc2c1. The van der Waals surface area contributed by atoms with E-state index in [9.17, 15) is 0 Å². The summed E-state index contributed by atoms with van der Waals surface area (Å²) < 4.78 is 19.1. The van der Waals surface area contributed by atoms with Crippen LogP contribution < -0.4 is 0 Å². The molecule has 9 heteroatoms. The van der Waals surface area contributed by atoms with E-state index < -0.39 is 0 Å². The molecule has 25 rings (SSSR count). The Balaban J connectivity index is 0.000000101. The van der Waals surface area contributed by atoms with Crippen LogP contribution in [-0.2, 0) is 5.41 Å². The summed E-state index contributed by atoms with van der Waals surface area (Å²) in [7, 11) is 0. The van der Waals surface area contributed by atoms with Crippen LogP contribution in [0.25, 0.3) is 157 Å². The van der Waals surface area contributed by atoms with Crippen LogP contribution in [0, 0.1) is 6.92 Å². The second kappa shape index (κ2) is 39.7. The van der Waals surface area contributed by atoms with Crippen molar-refractivity contribution < 1.29 is 8.83 Å². The van der Waals surface area contributed by atoms with Gasteiger partial charge in [-0.25, -0.2) is 4.98 Å². The van der Waals surface area contributed by atoms with Gasteiger partial charge in [0, 0.05) is 20.8 Å². The van der Waals surface area contributed by atoms with E-state index in [1.807, 2.05) is 66.4 Å². The van der Waals surface area contributed by atoms with Crippen molar-refractivity contribution >= 4 is 167 Å². The third-order valence-electron chi connectivity index (χ3n) is 23.4. The molecule has 24 aromatic rings. The monoisotopic (exact) mass is 1870 g/mol. The van der Waals surface area contributed by atoms with E-state index in [2.05, 4.69) is 434 Å². The van der Waals surface area contributed by atoms with Gasteiger partial charge in [-0.05, 0) is 156 Å². The molecule has 1 aliphatic heterocycles. The third-order valence-corrected chi connectivity index (χ3v) is 32.2. The Morgan fingerprint density at radius 1 is 0.297 bits per heavy atom. The minimum Gasteiger partial charge on any atom is -0.443 e. The summed E-state index contributed by atoms with van der Waals surface area (Å²) in [6, 6.07) is 151. The molecule has 5 aromatic heterocycles. The molecule has 0 aliphatic carbocycles. The smallest absolute Gasteiger partial charge is 0.181 e. The van der Waals surface area contributed by atoms with Crippen LogP contribution in [0.5, 0.6) is 0 Å². The molecule has 0 radical (unpaired) electrons. The number of rotatable bonds is 6. The number of hydrogen-bond donors (Lipinski definition) is 0. The van der Waals surface area contributed by atoms with Gasteiger partial charge in [-0.1, -0.05) is 229 Å². The molecule has 1 aliphatic rings. The molecule has 0 unspecified atom stereocenters. The molecule has 622 valence electrons. The van der Waals surface area contributed by atoms with Gasteiger partial charge in [0.2, 0.25) is 12.3 Å². The fraction of sp³-hybridized carbons (Fsp3) is 0.0840. The molecule has 128 heavy (non-hydrogen) atoms. The van der Waals surface area contributed by atoms with Crippen LogP contribution >= 0.6 is 11.8 Å². The second-order valence-corrected chi connectivity index (χ2v) is 40.8. The van der Waals surface area contributed by atoms with Crippen molar-refractivity contribution in [3.8, 4) is 44.8 Å². The summed E-state index contributed by atoms with van der Waals surface area (Å²) in [4.78, 5) is 6.77. The van der Waals surface area contributed by atoms with Crippen molar-refractivity contribution in [1.82, 2.24) is 15.2 Å². The largest absolute Gasteiger partial charge is 0.443 e. The minimum absolute atomic E-state index is 0.00472. The topological polar surface area (TPSA) is 65.0 Å². The van der Waals surface area contributed by atoms with Gasteiger partial charge >= 0.3 is 318 Å². The maximum atomic E-state index is 5.01. The van der Waals surface area contributed by atoms with Crippen LogP contribution in [0.3, 0.4) is 0 Å². The molecule has 0 bridgehead atoms. The zero-order chi connectivity index (χ0) is 87.3. The molecule has 0 amide bonds. The first-order valence-corrected chi connectivity index (χ1v) is 49.5. The van der Waals surface area contributed by atoms with Crippen molar-refractivity contribution in [3.63, 3.8) is 0 Å². The van der Waals surface area contributed by atoms with Gasteiger partial charge in [0.1, 0.15) is 5.52 Å². The first-order chi connectivity index (χ1) is 62.8. The molecule has 0 saturated heterocycles. The molecule has 19 aromatic carbocycles. The Labute approximate surface area is 770 Å². The summed E-state index contributed by atoms with van der Waals surface area (Å²) in [6.45, 7) is 16.1. The predicted octanol–water partition coefficient (Wildman–Crippen LogP) is 32.7. The van der Waals surface area contributed by atoms with E-state index in [1.165, 1.54) is 185 Å². The molecule has 0 saturated carbocycles. The Hall–Kier alpha value is -13.3. The number of hydrogen-bond acceptors (Lipinski definition) is 6. The van der Waals surface area contributed by atoms with Gasteiger partial charge in [-0.15, -0.1) is 10.2 Å². The van der Waals surface area contributed by atoms with E-state index >= 15 is 0 Å². The number of aryl methyl sites for hydroxylation is 1. The number of nitrogens with zero attached hydrogens (tertiary/aromatic N) is 3. The van der Waals surface area contributed by atoms with Gasteiger partial charge in [0.15, 0.2) is 12.0 Å². The van der Waals surface area contributed by atoms with Gasteiger partial charge in [0.25, 0.3) is 0 Å². The van der Waals surface area contributed by atoms with Crippen molar-refractivity contribution in [1.29, 1.82) is 0 Å². The summed E-state index contributed by atoms with van der Waals surface area (Å²) in [5, 5.41) is 26.5. The molecule has 0 fully saturated rings. The number of aromatic nitrogens is 3. The van der Waals surface area contributed by atoms with Crippen LogP contribution in [-0.4, -0.2) is 58.7 Å². The average molecular weight is 1870 g/mol. The second-order valence-electron chi connectivity index (χ2n) is 33.0. The van der Waals surface area contributed by atoms with Crippen molar-refractivity contribution in [2.75, 3.05) is 0 Å². The molecule has 0 N–H and O–H groups in total.